The second-order valence-corrected chi connectivity index (χ2v) is 7.85. The molecule has 2 aliphatic rings. The number of carbonyl (C=O) groups is 1. The van der Waals surface area contributed by atoms with Crippen LogP contribution in [-0.2, 0) is 4.79 Å². The van der Waals surface area contributed by atoms with E-state index in [-0.39, 0.29) is 30.9 Å². The van der Waals surface area contributed by atoms with Crippen molar-refractivity contribution in [1.29, 1.82) is 0 Å². The normalized spacial score (nSPS) is 27.3. The predicted octanol–water partition coefficient (Wildman–Crippen LogP) is 4.25. The standard InChI is InChI=1S/C20H20ClF4N5O/c1-11-15(29-26)14(28-17-13(22)6-4-9-27-17)7-10-30(11)18(31)19(2)8-3-5-12(16(19)21)20(23,24)25/h3-6,9,11H,7-8,10,26H2,1-2H3. The van der Waals surface area contributed by atoms with Gasteiger partial charge in [-0.05, 0) is 32.4 Å². The molecule has 0 aromatic carbocycles. The monoisotopic (exact) mass is 457 g/mol. The number of aliphatic imine (C=N–C) groups is 1. The van der Waals surface area contributed by atoms with Crippen LogP contribution in [0.3, 0.4) is 0 Å². The Hall–Kier alpha value is -2.75. The lowest BCUT2D eigenvalue weighted by Crippen LogP contribution is -2.55. The zero-order valence-corrected chi connectivity index (χ0v) is 17.5. The number of carbonyl (C=O) groups excluding carboxylic acids is 1. The van der Waals surface area contributed by atoms with E-state index in [1.165, 1.54) is 36.2 Å². The molecule has 2 N–H and O–H groups in total. The molecule has 1 saturated heterocycles. The Labute approximate surface area is 181 Å². The van der Waals surface area contributed by atoms with Crippen LogP contribution >= 0.6 is 11.6 Å². The number of hydrogen-bond acceptors (Lipinski definition) is 5. The van der Waals surface area contributed by atoms with Gasteiger partial charge in [0.2, 0.25) is 5.91 Å². The van der Waals surface area contributed by atoms with Gasteiger partial charge in [-0.1, -0.05) is 23.8 Å². The summed E-state index contributed by atoms with van der Waals surface area (Å²) in [4.78, 5) is 22.8. The first-order valence-electron chi connectivity index (χ1n) is 9.42. The quantitative estimate of drug-likeness (QED) is 0.409. The molecule has 31 heavy (non-hydrogen) atoms. The molecule has 1 aromatic rings. The summed E-state index contributed by atoms with van der Waals surface area (Å²) >= 11 is 6.09. The topological polar surface area (TPSA) is 83.9 Å². The molecule has 0 bridgehead atoms. The Morgan fingerprint density at radius 1 is 1.42 bits per heavy atom. The van der Waals surface area contributed by atoms with Crippen LogP contribution in [0.1, 0.15) is 26.7 Å². The summed E-state index contributed by atoms with van der Waals surface area (Å²) in [6.07, 6.45) is -0.941. The number of halogens is 5. The molecular weight excluding hydrogens is 438 g/mol. The SMILES string of the molecule is CC1C(=NN)C(=Nc2ncccc2F)CCN1C(=O)C1(C)CC=CC(C(F)(F)F)=C1Cl. The number of piperidine rings is 1. The van der Waals surface area contributed by atoms with Crippen molar-refractivity contribution >= 4 is 34.7 Å². The van der Waals surface area contributed by atoms with E-state index in [1.54, 1.807) is 6.92 Å². The fourth-order valence-electron chi connectivity index (χ4n) is 3.69. The third kappa shape index (κ3) is 4.21. The number of amides is 1. The van der Waals surface area contributed by atoms with Crippen molar-refractivity contribution in [3.63, 3.8) is 0 Å². The van der Waals surface area contributed by atoms with E-state index in [4.69, 9.17) is 17.4 Å². The average molecular weight is 458 g/mol. The maximum absolute atomic E-state index is 13.9. The Bertz CT molecular complexity index is 1020. The molecule has 11 heteroatoms. The van der Waals surface area contributed by atoms with Crippen LogP contribution in [0.15, 0.2) is 51.2 Å². The van der Waals surface area contributed by atoms with Gasteiger partial charge in [0.15, 0.2) is 11.6 Å². The van der Waals surface area contributed by atoms with Crippen molar-refractivity contribution in [3.8, 4) is 0 Å². The van der Waals surface area contributed by atoms with Gasteiger partial charge in [-0.15, -0.1) is 0 Å². The summed E-state index contributed by atoms with van der Waals surface area (Å²) in [5, 5.41) is 3.16. The van der Waals surface area contributed by atoms with Gasteiger partial charge in [0.1, 0.15) is 5.71 Å². The molecule has 1 fully saturated rings. The van der Waals surface area contributed by atoms with E-state index in [9.17, 15) is 22.4 Å². The van der Waals surface area contributed by atoms with Gasteiger partial charge in [-0.3, -0.25) is 4.79 Å². The van der Waals surface area contributed by atoms with Gasteiger partial charge in [0, 0.05) is 24.2 Å². The van der Waals surface area contributed by atoms with E-state index in [0.29, 0.717) is 5.71 Å². The number of allylic oxidation sites excluding steroid dienone is 3. The zero-order valence-electron chi connectivity index (χ0n) is 16.7. The van der Waals surface area contributed by atoms with Gasteiger partial charge in [0.25, 0.3) is 0 Å². The van der Waals surface area contributed by atoms with Crippen LogP contribution in [0.25, 0.3) is 0 Å². The number of aromatic nitrogens is 1. The molecule has 1 aliphatic heterocycles. The molecular formula is C20H20ClF4N5O. The van der Waals surface area contributed by atoms with E-state index in [1.807, 2.05) is 0 Å². The number of rotatable bonds is 2. The van der Waals surface area contributed by atoms with E-state index in [0.717, 1.165) is 6.08 Å². The third-order valence-corrected chi connectivity index (χ3v) is 6.06. The molecule has 1 amide bonds. The number of alkyl halides is 3. The van der Waals surface area contributed by atoms with E-state index < -0.39 is 40.0 Å². The van der Waals surface area contributed by atoms with E-state index >= 15 is 0 Å². The largest absolute Gasteiger partial charge is 0.417 e. The zero-order chi connectivity index (χ0) is 23.0. The summed E-state index contributed by atoms with van der Waals surface area (Å²) in [6, 6.07) is 1.92. The number of hydrogen-bond donors (Lipinski definition) is 1. The fourth-order valence-corrected chi connectivity index (χ4v) is 4.01. The van der Waals surface area contributed by atoms with Crippen molar-refractivity contribution < 1.29 is 22.4 Å². The smallest absolute Gasteiger partial charge is 0.333 e. The number of pyridine rings is 1. The highest BCUT2D eigenvalue weighted by atomic mass is 35.5. The van der Waals surface area contributed by atoms with Crippen molar-refractivity contribution in [3.05, 3.63) is 46.9 Å². The Kier molecular flexibility index (Phi) is 6.22. The Morgan fingerprint density at radius 2 is 2.13 bits per heavy atom. The number of nitrogens with zero attached hydrogens (tertiary/aromatic N) is 4. The van der Waals surface area contributed by atoms with Crippen LogP contribution in [0.5, 0.6) is 0 Å². The van der Waals surface area contributed by atoms with Crippen LogP contribution in [0, 0.1) is 11.2 Å². The summed E-state index contributed by atoms with van der Waals surface area (Å²) < 4.78 is 53.9. The predicted molar refractivity (Wildman–Crippen MR) is 110 cm³/mol. The summed E-state index contributed by atoms with van der Waals surface area (Å²) in [7, 11) is 0. The van der Waals surface area contributed by atoms with Gasteiger partial charge < -0.3 is 10.7 Å². The molecule has 0 radical (unpaired) electrons. The van der Waals surface area contributed by atoms with Gasteiger partial charge in [-0.25, -0.2) is 14.4 Å². The highest BCUT2D eigenvalue weighted by Crippen LogP contribution is 2.46. The third-order valence-electron chi connectivity index (χ3n) is 5.44. The lowest BCUT2D eigenvalue weighted by molar-refractivity contribution is -0.140. The van der Waals surface area contributed by atoms with Crippen molar-refractivity contribution in [2.24, 2.45) is 21.4 Å². The summed E-state index contributed by atoms with van der Waals surface area (Å²) in [6.45, 7) is 3.13. The van der Waals surface area contributed by atoms with Crippen molar-refractivity contribution in [1.82, 2.24) is 9.88 Å². The molecule has 166 valence electrons. The van der Waals surface area contributed by atoms with Crippen LogP contribution in [-0.4, -0.2) is 46.0 Å². The first-order chi connectivity index (χ1) is 14.5. The van der Waals surface area contributed by atoms with Crippen molar-refractivity contribution in [2.45, 2.75) is 38.9 Å². The van der Waals surface area contributed by atoms with Crippen LogP contribution in [0.2, 0.25) is 0 Å². The number of hydrazone groups is 1. The average Bonchev–Trinajstić information content (AvgIpc) is 2.71. The van der Waals surface area contributed by atoms with Crippen LogP contribution in [0.4, 0.5) is 23.4 Å². The molecule has 0 spiro atoms. The molecule has 6 nitrogen and oxygen atoms in total. The Balaban J connectivity index is 1.92. The minimum Gasteiger partial charge on any atom is -0.333 e. The highest BCUT2D eigenvalue weighted by molar-refractivity contribution is 6.45. The number of nitrogens with two attached hydrogens (primary N) is 1. The summed E-state index contributed by atoms with van der Waals surface area (Å²) in [5.41, 5.74) is -2.06. The van der Waals surface area contributed by atoms with Crippen molar-refractivity contribution in [2.75, 3.05) is 6.54 Å². The second-order valence-electron chi connectivity index (χ2n) is 7.47. The first-order valence-corrected chi connectivity index (χ1v) is 9.79. The van der Waals surface area contributed by atoms with Gasteiger partial charge >= 0.3 is 6.18 Å². The second kappa shape index (κ2) is 8.41. The maximum atomic E-state index is 13.9. The molecule has 0 saturated carbocycles. The molecule has 2 heterocycles. The summed E-state index contributed by atoms with van der Waals surface area (Å²) in [5.74, 6) is 4.16. The Morgan fingerprint density at radius 3 is 2.74 bits per heavy atom. The maximum Gasteiger partial charge on any atom is 0.417 e. The molecule has 3 rings (SSSR count). The fraction of sp³-hybridized carbons (Fsp3) is 0.400. The molecule has 1 aliphatic carbocycles. The van der Waals surface area contributed by atoms with Gasteiger partial charge in [-0.2, -0.15) is 18.3 Å². The first kappa shape index (κ1) is 22.9. The lowest BCUT2D eigenvalue weighted by Gasteiger charge is -2.41. The lowest BCUT2D eigenvalue weighted by atomic mass is 9.78. The highest BCUT2D eigenvalue weighted by Gasteiger charge is 2.48. The molecule has 2 unspecified atom stereocenters. The minimum atomic E-state index is -4.68. The molecule has 1 aromatic heterocycles. The van der Waals surface area contributed by atoms with Gasteiger partial charge in [0.05, 0.1) is 22.7 Å². The molecule has 2 atom stereocenters. The van der Waals surface area contributed by atoms with Crippen LogP contribution < -0.4 is 5.84 Å². The minimum absolute atomic E-state index is 0.0165. The number of likely N-dealkylation sites (tertiary alicyclic amines) is 1. The van der Waals surface area contributed by atoms with E-state index in [2.05, 4.69) is 15.1 Å².